The molecule has 0 saturated heterocycles. The molecule has 0 spiro atoms. The van der Waals surface area contributed by atoms with Crippen LogP contribution in [-0.2, 0) is 12.0 Å². The van der Waals surface area contributed by atoms with E-state index in [4.69, 9.17) is 11.6 Å². The predicted octanol–water partition coefficient (Wildman–Crippen LogP) is 4.55. The van der Waals surface area contributed by atoms with Crippen LogP contribution in [0.4, 0.5) is 11.6 Å². The number of hydrogen-bond donors (Lipinski definition) is 1. The fourth-order valence-electron chi connectivity index (χ4n) is 5.15. The molecule has 0 bridgehead atoms. The molecule has 2 aromatic carbocycles. The Balaban J connectivity index is 1.45. The van der Waals surface area contributed by atoms with Crippen LogP contribution in [-0.4, -0.2) is 42.4 Å². The minimum Gasteiger partial charge on any atom is -0.324 e. The third-order valence-electron chi connectivity index (χ3n) is 6.54. The third kappa shape index (κ3) is 3.57. The number of anilines is 2. The maximum atomic E-state index is 13.5. The van der Waals surface area contributed by atoms with Crippen molar-refractivity contribution in [3.8, 4) is 5.69 Å². The Morgan fingerprint density at radius 1 is 1.11 bits per heavy atom. The van der Waals surface area contributed by atoms with Crippen LogP contribution < -0.4 is 10.9 Å². The Morgan fingerprint density at radius 3 is 2.77 bits per heavy atom. The largest absolute Gasteiger partial charge is 0.324 e. The molecule has 5 aromatic rings. The highest BCUT2D eigenvalue weighted by Gasteiger charge is 2.30. The highest BCUT2D eigenvalue weighted by molar-refractivity contribution is 6.32. The molecule has 0 radical (unpaired) electrons. The molecule has 1 aliphatic heterocycles. The molecular formula is C26H24ClN7O. The van der Waals surface area contributed by atoms with E-state index in [1.165, 1.54) is 15.7 Å². The lowest BCUT2D eigenvalue weighted by Crippen LogP contribution is -2.39. The molecular weight excluding hydrogens is 462 g/mol. The molecule has 1 N–H and O–H groups in total. The summed E-state index contributed by atoms with van der Waals surface area (Å²) in [6, 6.07) is 13.6. The van der Waals surface area contributed by atoms with Crippen molar-refractivity contribution in [2.24, 2.45) is 0 Å². The van der Waals surface area contributed by atoms with Crippen molar-refractivity contribution in [3.05, 3.63) is 87.6 Å². The Hall–Kier alpha value is -3.75. The van der Waals surface area contributed by atoms with E-state index in [9.17, 15) is 4.79 Å². The van der Waals surface area contributed by atoms with Gasteiger partial charge in [0.2, 0.25) is 11.7 Å². The van der Waals surface area contributed by atoms with Crippen LogP contribution in [0, 0.1) is 0 Å². The first kappa shape index (κ1) is 21.8. The van der Waals surface area contributed by atoms with Crippen LogP contribution in [0.5, 0.6) is 0 Å². The molecule has 8 nitrogen and oxygen atoms in total. The third-order valence-corrected chi connectivity index (χ3v) is 6.86. The van der Waals surface area contributed by atoms with Crippen molar-refractivity contribution in [2.45, 2.75) is 25.8 Å². The van der Waals surface area contributed by atoms with Crippen molar-refractivity contribution in [1.29, 1.82) is 0 Å². The standard InChI is InChI=1S/C26H24ClN7O/c1-26(2)15-32(3)14-16-12-17(8-9-19(16)26)30-24-29-13-18-22(31-24)33-11-10-28-25(33)34(23(18)35)21-7-5-4-6-20(21)27/h4-13H,14-15H2,1-3H3,(H,29,30,31). The number of fused-ring (bicyclic) bond motifs is 4. The highest BCUT2D eigenvalue weighted by Crippen LogP contribution is 2.34. The Labute approximate surface area is 206 Å². The molecule has 176 valence electrons. The van der Waals surface area contributed by atoms with Crippen LogP contribution in [0.3, 0.4) is 0 Å². The van der Waals surface area contributed by atoms with Crippen molar-refractivity contribution >= 4 is 40.0 Å². The number of nitrogens with one attached hydrogen (secondary N) is 1. The average molecular weight is 486 g/mol. The van der Waals surface area contributed by atoms with E-state index in [1.807, 2.05) is 12.1 Å². The van der Waals surface area contributed by atoms with Gasteiger partial charge in [0, 0.05) is 42.8 Å². The van der Waals surface area contributed by atoms with Gasteiger partial charge in [-0.05, 0) is 42.4 Å². The molecule has 4 heterocycles. The summed E-state index contributed by atoms with van der Waals surface area (Å²) in [7, 11) is 2.14. The first-order valence-corrected chi connectivity index (χ1v) is 11.8. The summed E-state index contributed by atoms with van der Waals surface area (Å²) in [5, 5.41) is 4.14. The number of benzene rings is 2. The summed E-state index contributed by atoms with van der Waals surface area (Å²) in [5.41, 5.74) is 4.39. The first-order chi connectivity index (χ1) is 16.8. The van der Waals surface area contributed by atoms with Crippen LogP contribution in [0.1, 0.15) is 25.0 Å². The summed E-state index contributed by atoms with van der Waals surface area (Å²) in [6.45, 7) is 6.46. The van der Waals surface area contributed by atoms with Gasteiger partial charge in [0.05, 0.1) is 10.7 Å². The Kier molecular flexibility index (Phi) is 4.91. The fraction of sp³-hybridized carbons (Fsp3) is 0.231. The van der Waals surface area contributed by atoms with Gasteiger partial charge >= 0.3 is 0 Å². The molecule has 35 heavy (non-hydrogen) atoms. The fourth-order valence-corrected chi connectivity index (χ4v) is 5.37. The number of nitrogens with zero attached hydrogens (tertiary/aromatic N) is 6. The van der Waals surface area contributed by atoms with Gasteiger partial charge in [-0.3, -0.25) is 9.20 Å². The van der Waals surface area contributed by atoms with E-state index in [1.54, 1.807) is 35.1 Å². The molecule has 0 aliphatic carbocycles. The van der Waals surface area contributed by atoms with Crippen molar-refractivity contribution < 1.29 is 0 Å². The first-order valence-electron chi connectivity index (χ1n) is 11.4. The second-order valence-corrected chi connectivity index (χ2v) is 10.1. The van der Waals surface area contributed by atoms with Crippen molar-refractivity contribution in [3.63, 3.8) is 0 Å². The number of rotatable bonds is 3. The quantitative estimate of drug-likeness (QED) is 0.404. The molecule has 3 aromatic heterocycles. The van der Waals surface area contributed by atoms with E-state index in [0.717, 1.165) is 18.8 Å². The zero-order valence-electron chi connectivity index (χ0n) is 19.7. The summed E-state index contributed by atoms with van der Waals surface area (Å²) in [6.07, 6.45) is 4.96. The van der Waals surface area contributed by atoms with E-state index >= 15 is 0 Å². The summed E-state index contributed by atoms with van der Waals surface area (Å²) < 4.78 is 3.26. The van der Waals surface area contributed by atoms with Gasteiger partial charge in [0.15, 0.2) is 5.65 Å². The zero-order chi connectivity index (χ0) is 24.3. The Bertz CT molecular complexity index is 1670. The molecule has 6 rings (SSSR count). The van der Waals surface area contributed by atoms with Crippen LogP contribution >= 0.6 is 11.6 Å². The molecule has 0 unspecified atom stereocenters. The van der Waals surface area contributed by atoms with E-state index in [-0.39, 0.29) is 11.0 Å². The zero-order valence-corrected chi connectivity index (χ0v) is 20.4. The summed E-state index contributed by atoms with van der Waals surface area (Å²) in [4.78, 5) is 29.3. The second-order valence-electron chi connectivity index (χ2n) is 9.67. The molecule has 0 fully saturated rings. The lowest BCUT2D eigenvalue weighted by atomic mass is 9.78. The van der Waals surface area contributed by atoms with Gasteiger partial charge in [0.1, 0.15) is 5.39 Å². The summed E-state index contributed by atoms with van der Waals surface area (Å²) >= 11 is 6.40. The van der Waals surface area contributed by atoms with Gasteiger partial charge < -0.3 is 10.2 Å². The van der Waals surface area contributed by atoms with Gasteiger partial charge in [-0.2, -0.15) is 4.98 Å². The van der Waals surface area contributed by atoms with Crippen molar-refractivity contribution in [2.75, 3.05) is 18.9 Å². The van der Waals surface area contributed by atoms with E-state index in [0.29, 0.717) is 33.5 Å². The number of aromatic nitrogens is 5. The van der Waals surface area contributed by atoms with E-state index in [2.05, 4.69) is 64.3 Å². The van der Waals surface area contributed by atoms with Crippen LogP contribution in [0.25, 0.3) is 22.5 Å². The predicted molar refractivity (Wildman–Crippen MR) is 138 cm³/mol. The number of imidazole rings is 1. The highest BCUT2D eigenvalue weighted by atomic mass is 35.5. The Morgan fingerprint density at radius 2 is 1.94 bits per heavy atom. The number of likely N-dealkylation sites (N-methyl/N-ethyl adjacent to an activating group) is 1. The van der Waals surface area contributed by atoms with Crippen molar-refractivity contribution in [1.82, 2.24) is 28.8 Å². The second kappa shape index (κ2) is 7.90. The SMILES string of the molecule is CN1Cc2cc(Nc3ncc4c(=O)n(-c5ccccc5Cl)c5nccn5c4n3)ccc2C(C)(C)C1. The average Bonchev–Trinajstić information content (AvgIpc) is 3.29. The molecule has 0 amide bonds. The van der Waals surface area contributed by atoms with Gasteiger partial charge in [-0.25, -0.2) is 14.5 Å². The lowest BCUT2D eigenvalue weighted by Gasteiger charge is -2.38. The van der Waals surface area contributed by atoms with E-state index < -0.39 is 0 Å². The molecule has 0 saturated carbocycles. The topological polar surface area (TPSA) is 80.4 Å². The lowest BCUT2D eigenvalue weighted by molar-refractivity contribution is 0.236. The number of halogens is 1. The smallest absolute Gasteiger partial charge is 0.270 e. The van der Waals surface area contributed by atoms with Crippen LogP contribution in [0.2, 0.25) is 5.02 Å². The maximum absolute atomic E-state index is 13.5. The number of para-hydroxylation sites is 1. The van der Waals surface area contributed by atoms with Gasteiger partial charge in [0.25, 0.3) is 5.56 Å². The molecule has 9 heteroatoms. The summed E-state index contributed by atoms with van der Waals surface area (Å²) in [5.74, 6) is 0.838. The number of hydrogen-bond acceptors (Lipinski definition) is 6. The molecule has 0 atom stereocenters. The van der Waals surface area contributed by atoms with Gasteiger partial charge in [-0.1, -0.05) is 43.6 Å². The normalized spacial score (nSPS) is 15.4. The van der Waals surface area contributed by atoms with Gasteiger partial charge in [-0.15, -0.1) is 0 Å². The maximum Gasteiger partial charge on any atom is 0.270 e. The monoisotopic (exact) mass is 485 g/mol. The minimum absolute atomic E-state index is 0.0922. The molecule has 1 aliphatic rings. The minimum atomic E-state index is -0.280. The van der Waals surface area contributed by atoms with Crippen LogP contribution in [0.15, 0.2) is 65.8 Å².